The number of hydrogen-bond donors (Lipinski definition) is 2. The number of imide groups is 1. The van der Waals surface area contributed by atoms with Crippen molar-refractivity contribution in [3.05, 3.63) is 54.3 Å². The molecule has 28 heavy (non-hydrogen) atoms. The average Bonchev–Trinajstić information content (AvgIpc) is 3.17. The highest BCUT2D eigenvalue weighted by Gasteiger charge is 2.14. The van der Waals surface area contributed by atoms with Gasteiger partial charge in [0, 0.05) is 0 Å². The first-order valence-corrected chi connectivity index (χ1v) is 8.96. The number of anilines is 1. The molecule has 1 heterocycles. The summed E-state index contributed by atoms with van der Waals surface area (Å²) in [5.74, 6) is -0.603. The number of aromatic nitrogens is 4. The Morgan fingerprint density at radius 2 is 1.93 bits per heavy atom. The lowest BCUT2D eigenvalue weighted by molar-refractivity contribution is -0.117. The summed E-state index contributed by atoms with van der Waals surface area (Å²) in [4.78, 5) is 23.8. The second-order valence-corrected chi connectivity index (χ2v) is 6.28. The molecule has 0 aliphatic heterocycles. The number of urea groups is 1. The monoisotopic (exact) mass is 402 g/mol. The highest BCUT2D eigenvalue weighted by Crippen LogP contribution is 2.20. The molecule has 2 N–H and O–H groups in total. The van der Waals surface area contributed by atoms with Crippen molar-refractivity contribution in [2.24, 2.45) is 0 Å². The van der Waals surface area contributed by atoms with E-state index in [-0.39, 0.29) is 11.4 Å². The summed E-state index contributed by atoms with van der Waals surface area (Å²) < 4.78 is 20.1. The minimum Gasteiger partial charge on any atom is -0.497 e. The fraction of sp³-hybridized carbons (Fsp3) is 0.118. The van der Waals surface area contributed by atoms with Crippen LogP contribution in [0.2, 0.25) is 0 Å². The number of benzene rings is 2. The van der Waals surface area contributed by atoms with E-state index in [1.165, 1.54) is 22.9 Å². The van der Waals surface area contributed by atoms with E-state index in [0.29, 0.717) is 16.6 Å². The van der Waals surface area contributed by atoms with Crippen molar-refractivity contribution >= 4 is 29.4 Å². The van der Waals surface area contributed by atoms with Gasteiger partial charge < -0.3 is 10.1 Å². The van der Waals surface area contributed by atoms with Crippen LogP contribution in [0.4, 0.5) is 14.9 Å². The molecule has 1 aromatic heterocycles. The second kappa shape index (κ2) is 8.95. The van der Waals surface area contributed by atoms with Gasteiger partial charge in [0.2, 0.25) is 11.1 Å². The summed E-state index contributed by atoms with van der Waals surface area (Å²) in [6.07, 6.45) is 0. The van der Waals surface area contributed by atoms with E-state index in [4.69, 9.17) is 4.74 Å². The third-order valence-corrected chi connectivity index (χ3v) is 4.38. The zero-order valence-electron chi connectivity index (χ0n) is 14.6. The van der Waals surface area contributed by atoms with Gasteiger partial charge in [-0.3, -0.25) is 10.1 Å². The molecule has 144 valence electrons. The van der Waals surface area contributed by atoms with Crippen LogP contribution in [0.15, 0.2) is 53.7 Å². The van der Waals surface area contributed by atoms with E-state index in [9.17, 15) is 14.0 Å². The highest BCUT2D eigenvalue weighted by atomic mass is 32.2. The highest BCUT2D eigenvalue weighted by molar-refractivity contribution is 7.99. The van der Waals surface area contributed by atoms with Crippen molar-refractivity contribution in [2.75, 3.05) is 18.2 Å². The molecule has 11 heteroatoms. The molecule has 0 atom stereocenters. The summed E-state index contributed by atoms with van der Waals surface area (Å²) in [5.41, 5.74) is 0.662. The fourth-order valence-corrected chi connectivity index (χ4v) is 2.85. The van der Waals surface area contributed by atoms with Crippen molar-refractivity contribution in [1.29, 1.82) is 0 Å². The summed E-state index contributed by atoms with van der Waals surface area (Å²) in [7, 11) is 1.56. The first-order valence-electron chi connectivity index (χ1n) is 7.98. The van der Waals surface area contributed by atoms with Crippen LogP contribution >= 0.6 is 11.8 Å². The number of ether oxygens (including phenoxy) is 1. The summed E-state index contributed by atoms with van der Waals surface area (Å²) in [6, 6.07) is 11.9. The maximum absolute atomic E-state index is 13.5. The number of nitrogens with zero attached hydrogens (tertiary/aromatic N) is 4. The third kappa shape index (κ3) is 4.82. The lowest BCUT2D eigenvalue weighted by atomic mass is 10.3. The lowest BCUT2D eigenvalue weighted by Gasteiger charge is -2.07. The number of para-hydroxylation sites is 1. The Bertz CT molecular complexity index is 979. The van der Waals surface area contributed by atoms with Crippen LogP contribution in [0.1, 0.15) is 0 Å². The number of nitrogens with one attached hydrogen (secondary N) is 2. The predicted molar refractivity (Wildman–Crippen MR) is 100.0 cm³/mol. The van der Waals surface area contributed by atoms with Gasteiger partial charge in [-0.25, -0.2) is 9.18 Å². The van der Waals surface area contributed by atoms with E-state index >= 15 is 0 Å². The maximum Gasteiger partial charge on any atom is 0.325 e. The molecular formula is C17H15FN6O3S. The first kappa shape index (κ1) is 19.3. The van der Waals surface area contributed by atoms with Crippen LogP contribution in [0.25, 0.3) is 5.69 Å². The number of thioether (sulfide) groups is 1. The van der Waals surface area contributed by atoms with Crippen molar-refractivity contribution in [3.63, 3.8) is 0 Å². The number of methoxy groups -OCH3 is 1. The maximum atomic E-state index is 13.5. The Hall–Kier alpha value is -3.47. The largest absolute Gasteiger partial charge is 0.497 e. The molecule has 3 aromatic rings. The van der Waals surface area contributed by atoms with Crippen molar-refractivity contribution < 1.29 is 18.7 Å². The molecule has 0 radical (unpaired) electrons. The minimum atomic E-state index is -0.828. The van der Waals surface area contributed by atoms with Crippen molar-refractivity contribution in [1.82, 2.24) is 25.5 Å². The van der Waals surface area contributed by atoms with Gasteiger partial charge in [0.25, 0.3) is 0 Å². The smallest absolute Gasteiger partial charge is 0.325 e. The average molecular weight is 402 g/mol. The zero-order chi connectivity index (χ0) is 19.9. The van der Waals surface area contributed by atoms with Crippen LogP contribution in [0.5, 0.6) is 5.75 Å². The number of tetrazole rings is 1. The molecule has 2 aromatic carbocycles. The minimum absolute atomic E-state index is 0.0242. The van der Waals surface area contributed by atoms with E-state index in [2.05, 4.69) is 26.2 Å². The zero-order valence-corrected chi connectivity index (χ0v) is 15.4. The van der Waals surface area contributed by atoms with Gasteiger partial charge in [-0.15, -0.1) is 5.10 Å². The lowest BCUT2D eigenvalue weighted by Crippen LogP contribution is -2.35. The third-order valence-electron chi connectivity index (χ3n) is 3.47. The van der Waals surface area contributed by atoms with Crippen LogP contribution < -0.4 is 15.4 Å². The van der Waals surface area contributed by atoms with E-state index in [1.807, 2.05) is 0 Å². The molecule has 0 saturated heterocycles. The number of carbonyl (C=O) groups is 2. The standard InChI is InChI=1S/C17H15FN6O3S/c1-27-12-8-6-11(7-9-12)24-17(21-22-23-24)28-10-15(25)20-16(26)19-14-5-3-2-4-13(14)18/h2-9H,10H2,1H3,(H2,19,20,25,26). The van der Waals surface area contributed by atoms with Gasteiger partial charge in [-0.2, -0.15) is 4.68 Å². The molecular weight excluding hydrogens is 387 g/mol. The van der Waals surface area contributed by atoms with Gasteiger partial charge in [-0.1, -0.05) is 23.9 Å². The molecule has 0 aliphatic carbocycles. The first-order chi connectivity index (χ1) is 13.6. The van der Waals surface area contributed by atoms with Crippen LogP contribution in [0.3, 0.4) is 0 Å². The number of carbonyl (C=O) groups excluding carboxylic acids is 2. The number of amides is 3. The Morgan fingerprint density at radius 1 is 1.18 bits per heavy atom. The van der Waals surface area contributed by atoms with Crippen molar-refractivity contribution in [2.45, 2.75) is 5.16 Å². The van der Waals surface area contributed by atoms with Gasteiger partial charge in [0.15, 0.2) is 0 Å². The summed E-state index contributed by atoms with van der Waals surface area (Å²) in [5, 5.41) is 16.1. The van der Waals surface area contributed by atoms with Gasteiger partial charge in [0.05, 0.1) is 24.2 Å². The number of rotatable bonds is 6. The predicted octanol–water partition coefficient (Wildman–Crippen LogP) is 2.25. The Labute approximate surface area is 163 Å². The number of halogens is 1. The topological polar surface area (TPSA) is 111 Å². The SMILES string of the molecule is COc1ccc(-n2nnnc2SCC(=O)NC(=O)Nc2ccccc2F)cc1. The van der Waals surface area contributed by atoms with Crippen LogP contribution in [-0.4, -0.2) is 45.0 Å². The Morgan fingerprint density at radius 3 is 2.64 bits per heavy atom. The molecule has 0 spiro atoms. The quantitative estimate of drug-likeness (QED) is 0.608. The normalized spacial score (nSPS) is 10.4. The van der Waals surface area contributed by atoms with E-state index in [0.717, 1.165) is 11.8 Å². The fourth-order valence-electron chi connectivity index (χ4n) is 2.16. The molecule has 0 bridgehead atoms. The number of hydrogen-bond acceptors (Lipinski definition) is 7. The summed E-state index contributed by atoms with van der Waals surface area (Å²) >= 11 is 1.05. The van der Waals surface area contributed by atoms with Gasteiger partial charge in [0.1, 0.15) is 11.6 Å². The van der Waals surface area contributed by atoms with Gasteiger partial charge >= 0.3 is 6.03 Å². The second-order valence-electron chi connectivity index (χ2n) is 5.34. The molecule has 3 amide bonds. The molecule has 0 unspecified atom stereocenters. The Kier molecular flexibility index (Phi) is 6.17. The van der Waals surface area contributed by atoms with E-state index in [1.54, 1.807) is 37.4 Å². The molecule has 0 aliphatic rings. The van der Waals surface area contributed by atoms with Gasteiger partial charge in [-0.05, 0) is 46.8 Å². The Balaban J connectivity index is 1.56. The molecule has 0 fully saturated rings. The van der Waals surface area contributed by atoms with Crippen molar-refractivity contribution in [3.8, 4) is 11.4 Å². The summed E-state index contributed by atoms with van der Waals surface area (Å²) in [6.45, 7) is 0. The molecule has 9 nitrogen and oxygen atoms in total. The van der Waals surface area contributed by atoms with Crippen LogP contribution in [0, 0.1) is 5.82 Å². The molecule has 3 rings (SSSR count). The van der Waals surface area contributed by atoms with E-state index < -0.39 is 17.8 Å². The van der Waals surface area contributed by atoms with Crippen LogP contribution in [-0.2, 0) is 4.79 Å². The molecule has 0 saturated carbocycles.